The Morgan fingerprint density at radius 1 is 1.37 bits per heavy atom. The van der Waals surface area contributed by atoms with Crippen LogP contribution >= 0.6 is 11.3 Å². The summed E-state index contributed by atoms with van der Waals surface area (Å²) in [7, 11) is 0. The van der Waals surface area contributed by atoms with Crippen LogP contribution in [0.5, 0.6) is 0 Å². The van der Waals surface area contributed by atoms with Crippen LogP contribution in [0, 0.1) is 5.92 Å². The molecule has 2 unspecified atom stereocenters. The molecule has 1 heterocycles. The van der Waals surface area contributed by atoms with Gasteiger partial charge < -0.3 is 11.1 Å². The van der Waals surface area contributed by atoms with Gasteiger partial charge in [0.25, 0.3) is 0 Å². The fourth-order valence-corrected chi connectivity index (χ4v) is 3.16. The fourth-order valence-electron chi connectivity index (χ4n) is 2.27. The molecule has 1 aromatic rings. The van der Waals surface area contributed by atoms with Crippen molar-refractivity contribution in [1.29, 1.82) is 0 Å². The predicted octanol–water partition coefficient (Wildman–Crippen LogP) is 3.51. The highest BCUT2D eigenvalue weighted by molar-refractivity contribution is 7.11. The van der Waals surface area contributed by atoms with Crippen LogP contribution in [0.25, 0.3) is 0 Å². The minimum atomic E-state index is 0.375. The molecule has 0 aliphatic carbocycles. The van der Waals surface area contributed by atoms with Crippen molar-refractivity contribution >= 4 is 11.3 Å². The zero-order valence-corrected chi connectivity index (χ0v) is 13.4. The van der Waals surface area contributed by atoms with E-state index in [0.29, 0.717) is 6.04 Å². The van der Waals surface area contributed by atoms with E-state index in [-0.39, 0.29) is 0 Å². The number of nitrogens with two attached hydrogens (primary N) is 1. The van der Waals surface area contributed by atoms with E-state index in [2.05, 4.69) is 31.1 Å². The van der Waals surface area contributed by atoms with E-state index in [4.69, 9.17) is 5.73 Å². The third-order valence-electron chi connectivity index (χ3n) is 3.68. The van der Waals surface area contributed by atoms with Gasteiger partial charge in [-0.2, -0.15) is 0 Å². The van der Waals surface area contributed by atoms with Crippen molar-refractivity contribution in [3.05, 3.63) is 16.1 Å². The van der Waals surface area contributed by atoms with Gasteiger partial charge in [-0.3, -0.25) is 0 Å². The maximum absolute atomic E-state index is 5.63. The van der Waals surface area contributed by atoms with Crippen molar-refractivity contribution in [1.82, 2.24) is 10.3 Å². The van der Waals surface area contributed by atoms with Gasteiger partial charge in [-0.05, 0) is 51.6 Å². The van der Waals surface area contributed by atoms with Crippen LogP contribution in [0.15, 0.2) is 6.20 Å². The summed E-state index contributed by atoms with van der Waals surface area (Å²) in [6, 6.07) is 0.375. The number of aromatic nitrogens is 1. The van der Waals surface area contributed by atoms with Gasteiger partial charge in [0.15, 0.2) is 0 Å². The molecule has 0 amide bonds. The standard InChI is InChI=1S/C15H29N3S/c1-4-13(8-9-16)7-6-10-17-12(3)15-18-11-14(5-2)19-15/h11-13,17H,4-10,16H2,1-3H3. The summed E-state index contributed by atoms with van der Waals surface area (Å²) in [6.45, 7) is 8.54. The second-order valence-corrected chi connectivity index (χ2v) is 6.33. The molecule has 0 bridgehead atoms. The summed E-state index contributed by atoms with van der Waals surface area (Å²) in [5, 5.41) is 4.79. The predicted molar refractivity (Wildman–Crippen MR) is 84.6 cm³/mol. The van der Waals surface area contributed by atoms with Crippen LogP contribution in [0.2, 0.25) is 0 Å². The van der Waals surface area contributed by atoms with E-state index in [1.165, 1.54) is 35.6 Å². The van der Waals surface area contributed by atoms with Gasteiger partial charge in [0.2, 0.25) is 0 Å². The summed E-state index contributed by atoms with van der Waals surface area (Å²) < 4.78 is 0. The Morgan fingerprint density at radius 2 is 2.16 bits per heavy atom. The monoisotopic (exact) mass is 283 g/mol. The number of hydrogen-bond acceptors (Lipinski definition) is 4. The third-order valence-corrected chi connectivity index (χ3v) is 5.01. The second-order valence-electron chi connectivity index (χ2n) is 5.19. The molecular formula is C15H29N3S. The molecule has 2 atom stereocenters. The van der Waals surface area contributed by atoms with E-state index in [9.17, 15) is 0 Å². The summed E-state index contributed by atoms with van der Waals surface area (Å²) in [6.07, 6.45) is 8.02. The molecule has 3 N–H and O–H groups in total. The molecule has 1 rings (SSSR count). The molecule has 19 heavy (non-hydrogen) atoms. The van der Waals surface area contributed by atoms with E-state index < -0.39 is 0 Å². The van der Waals surface area contributed by atoms with Crippen LogP contribution in [-0.4, -0.2) is 18.1 Å². The molecule has 0 fully saturated rings. The molecule has 0 aromatic carbocycles. The molecule has 4 heteroatoms. The highest BCUT2D eigenvalue weighted by atomic mass is 32.1. The Morgan fingerprint density at radius 3 is 2.74 bits per heavy atom. The number of thiazole rings is 1. The minimum absolute atomic E-state index is 0.375. The molecule has 0 spiro atoms. The normalized spacial score (nSPS) is 14.5. The molecule has 1 aromatic heterocycles. The Labute approximate surface area is 122 Å². The lowest BCUT2D eigenvalue weighted by Crippen LogP contribution is -2.20. The molecular weight excluding hydrogens is 254 g/mol. The number of nitrogens with zero attached hydrogens (tertiary/aromatic N) is 1. The Kier molecular flexibility index (Phi) is 8.26. The smallest absolute Gasteiger partial charge is 0.109 e. The Bertz CT molecular complexity index is 338. The van der Waals surface area contributed by atoms with Crippen molar-refractivity contribution in [2.24, 2.45) is 11.7 Å². The summed E-state index contributed by atoms with van der Waals surface area (Å²) in [5.74, 6) is 0.800. The number of aryl methyl sites for hydroxylation is 1. The van der Waals surface area contributed by atoms with Crippen molar-refractivity contribution in [3.63, 3.8) is 0 Å². The Balaban J connectivity index is 2.21. The van der Waals surface area contributed by atoms with Gasteiger partial charge in [-0.15, -0.1) is 11.3 Å². The maximum Gasteiger partial charge on any atom is 0.109 e. The molecule has 0 aliphatic heterocycles. The van der Waals surface area contributed by atoms with E-state index in [1.54, 1.807) is 0 Å². The second kappa shape index (κ2) is 9.45. The highest BCUT2D eigenvalue weighted by Crippen LogP contribution is 2.20. The lowest BCUT2D eigenvalue weighted by molar-refractivity contribution is 0.415. The van der Waals surface area contributed by atoms with Crippen molar-refractivity contribution < 1.29 is 0 Å². The molecule has 3 nitrogen and oxygen atoms in total. The molecule has 0 saturated carbocycles. The average molecular weight is 283 g/mol. The summed E-state index contributed by atoms with van der Waals surface area (Å²) in [5.41, 5.74) is 5.63. The first kappa shape index (κ1) is 16.6. The molecule has 0 aliphatic rings. The van der Waals surface area contributed by atoms with Crippen LogP contribution in [0.3, 0.4) is 0 Å². The lowest BCUT2D eigenvalue weighted by atomic mass is 9.97. The van der Waals surface area contributed by atoms with E-state index in [1.807, 2.05) is 17.5 Å². The van der Waals surface area contributed by atoms with Crippen LogP contribution in [-0.2, 0) is 6.42 Å². The zero-order chi connectivity index (χ0) is 14.1. The summed E-state index contributed by atoms with van der Waals surface area (Å²) >= 11 is 1.83. The average Bonchev–Trinajstić information content (AvgIpc) is 2.91. The topological polar surface area (TPSA) is 50.9 Å². The molecule has 0 saturated heterocycles. The van der Waals surface area contributed by atoms with E-state index in [0.717, 1.165) is 25.4 Å². The van der Waals surface area contributed by atoms with Gasteiger partial charge in [0.05, 0.1) is 6.04 Å². The molecule has 0 radical (unpaired) electrons. The first-order valence-electron chi connectivity index (χ1n) is 7.59. The first-order chi connectivity index (χ1) is 9.21. The van der Waals surface area contributed by atoms with Gasteiger partial charge in [-0.1, -0.05) is 20.3 Å². The third kappa shape index (κ3) is 6.02. The van der Waals surface area contributed by atoms with Gasteiger partial charge in [0.1, 0.15) is 5.01 Å². The maximum atomic E-state index is 5.63. The quantitative estimate of drug-likeness (QED) is 0.646. The van der Waals surface area contributed by atoms with Crippen molar-refractivity contribution in [2.45, 2.75) is 58.9 Å². The lowest BCUT2D eigenvalue weighted by Gasteiger charge is -2.15. The van der Waals surface area contributed by atoms with Gasteiger partial charge >= 0.3 is 0 Å². The van der Waals surface area contributed by atoms with E-state index >= 15 is 0 Å². The summed E-state index contributed by atoms with van der Waals surface area (Å²) in [4.78, 5) is 5.86. The van der Waals surface area contributed by atoms with Gasteiger partial charge in [-0.25, -0.2) is 4.98 Å². The number of rotatable bonds is 10. The van der Waals surface area contributed by atoms with Crippen LogP contribution in [0.4, 0.5) is 0 Å². The minimum Gasteiger partial charge on any atom is -0.330 e. The fraction of sp³-hybridized carbons (Fsp3) is 0.800. The zero-order valence-electron chi connectivity index (χ0n) is 12.6. The van der Waals surface area contributed by atoms with Crippen LogP contribution < -0.4 is 11.1 Å². The first-order valence-corrected chi connectivity index (χ1v) is 8.40. The largest absolute Gasteiger partial charge is 0.330 e. The highest BCUT2D eigenvalue weighted by Gasteiger charge is 2.10. The SMILES string of the molecule is CCc1cnc(C(C)NCCCC(CC)CCN)s1. The van der Waals surface area contributed by atoms with Gasteiger partial charge in [0, 0.05) is 11.1 Å². The van der Waals surface area contributed by atoms with Crippen molar-refractivity contribution in [3.8, 4) is 0 Å². The molecule has 110 valence electrons. The van der Waals surface area contributed by atoms with Crippen LogP contribution in [0.1, 0.15) is 62.4 Å². The Hall–Kier alpha value is -0.450. The number of nitrogens with one attached hydrogen (secondary N) is 1. The number of hydrogen-bond donors (Lipinski definition) is 2. The van der Waals surface area contributed by atoms with Crippen molar-refractivity contribution in [2.75, 3.05) is 13.1 Å².